The van der Waals surface area contributed by atoms with Crippen molar-refractivity contribution in [2.75, 3.05) is 13.2 Å². The van der Waals surface area contributed by atoms with Gasteiger partial charge in [0.05, 0.1) is 12.1 Å². The minimum Gasteiger partial charge on any atom is -0.508 e. The predicted molar refractivity (Wildman–Crippen MR) is 67.9 cm³/mol. The van der Waals surface area contributed by atoms with Gasteiger partial charge in [0.1, 0.15) is 5.75 Å². The van der Waals surface area contributed by atoms with Gasteiger partial charge in [0.2, 0.25) is 0 Å². The molecular weight excluding hydrogens is 214 g/mol. The second-order valence-electron chi connectivity index (χ2n) is 4.96. The van der Waals surface area contributed by atoms with Gasteiger partial charge in [0, 0.05) is 0 Å². The van der Waals surface area contributed by atoms with Crippen LogP contribution in [-0.2, 0) is 5.54 Å². The van der Waals surface area contributed by atoms with E-state index >= 15 is 0 Å². The number of hydrogen-bond acceptors (Lipinski definition) is 3. The summed E-state index contributed by atoms with van der Waals surface area (Å²) in [4.78, 5) is 0. The van der Waals surface area contributed by atoms with Crippen molar-refractivity contribution >= 4 is 0 Å². The average Bonchev–Trinajstić information content (AvgIpc) is 3.17. The van der Waals surface area contributed by atoms with Gasteiger partial charge in [-0.25, -0.2) is 0 Å². The molecule has 0 heterocycles. The second kappa shape index (κ2) is 5.07. The first-order valence-corrected chi connectivity index (χ1v) is 6.35. The summed E-state index contributed by atoms with van der Waals surface area (Å²) < 4.78 is 0. The Kier molecular flexibility index (Phi) is 3.69. The molecule has 3 nitrogen and oxygen atoms in total. The first-order chi connectivity index (χ1) is 8.20. The average molecular weight is 235 g/mol. The third-order valence-electron chi connectivity index (χ3n) is 3.72. The molecule has 0 radical (unpaired) electrons. The molecule has 0 spiro atoms. The van der Waals surface area contributed by atoms with Crippen molar-refractivity contribution in [3.05, 3.63) is 29.8 Å². The summed E-state index contributed by atoms with van der Waals surface area (Å²) in [5.74, 6) is 1.04. The number of phenols is 1. The molecule has 3 N–H and O–H groups in total. The van der Waals surface area contributed by atoms with E-state index in [9.17, 15) is 10.2 Å². The molecular formula is C14H21NO2. The van der Waals surface area contributed by atoms with Crippen molar-refractivity contribution in [2.45, 2.75) is 31.7 Å². The zero-order valence-electron chi connectivity index (χ0n) is 10.3. The molecule has 94 valence electrons. The topological polar surface area (TPSA) is 52.5 Å². The van der Waals surface area contributed by atoms with Crippen molar-refractivity contribution in [3.63, 3.8) is 0 Å². The first-order valence-electron chi connectivity index (χ1n) is 6.35. The fraction of sp³-hybridized carbons (Fsp3) is 0.571. The largest absolute Gasteiger partial charge is 0.508 e. The van der Waals surface area contributed by atoms with Crippen LogP contribution >= 0.6 is 0 Å². The number of rotatable bonds is 6. The monoisotopic (exact) mass is 235 g/mol. The summed E-state index contributed by atoms with van der Waals surface area (Å²) in [6.07, 6.45) is 3.43. The SMILES string of the molecule is CCC(CO)(NCC1CC1)c1ccc(O)cc1. The van der Waals surface area contributed by atoms with Crippen molar-refractivity contribution in [1.29, 1.82) is 0 Å². The van der Waals surface area contributed by atoms with E-state index in [2.05, 4.69) is 12.2 Å². The minimum atomic E-state index is -0.365. The number of aliphatic hydroxyl groups is 1. The summed E-state index contributed by atoms with van der Waals surface area (Å²) in [5, 5.41) is 22.5. The number of aromatic hydroxyl groups is 1. The van der Waals surface area contributed by atoms with Gasteiger partial charge in [-0.1, -0.05) is 19.1 Å². The van der Waals surface area contributed by atoms with Crippen LogP contribution in [0.25, 0.3) is 0 Å². The van der Waals surface area contributed by atoms with Crippen LogP contribution in [0.5, 0.6) is 5.75 Å². The van der Waals surface area contributed by atoms with Crippen LogP contribution < -0.4 is 5.32 Å². The molecule has 0 aromatic heterocycles. The number of aliphatic hydroxyl groups excluding tert-OH is 1. The Morgan fingerprint density at radius 1 is 1.29 bits per heavy atom. The summed E-state index contributed by atoms with van der Waals surface area (Å²) in [6.45, 7) is 3.12. The smallest absolute Gasteiger partial charge is 0.115 e. The van der Waals surface area contributed by atoms with Crippen molar-refractivity contribution in [2.24, 2.45) is 5.92 Å². The second-order valence-corrected chi connectivity index (χ2v) is 4.96. The van der Waals surface area contributed by atoms with Gasteiger partial charge >= 0.3 is 0 Å². The number of benzene rings is 1. The van der Waals surface area contributed by atoms with Crippen LogP contribution in [0.15, 0.2) is 24.3 Å². The maximum Gasteiger partial charge on any atom is 0.115 e. The zero-order valence-corrected chi connectivity index (χ0v) is 10.3. The molecule has 1 aliphatic carbocycles. The lowest BCUT2D eigenvalue weighted by atomic mass is 9.87. The molecule has 2 rings (SSSR count). The molecule has 1 unspecified atom stereocenters. The van der Waals surface area contributed by atoms with Gasteiger partial charge in [-0.15, -0.1) is 0 Å². The van der Waals surface area contributed by atoms with Gasteiger partial charge in [0.25, 0.3) is 0 Å². The maximum atomic E-state index is 9.71. The van der Waals surface area contributed by atoms with Crippen LogP contribution in [0, 0.1) is 5.92 Å². The predicted octanol–water partition coefficient (Wildman–Crippen LogP) is 1.99. The lowest BCUT2D eigenvalue weighted by Crippen LogP contribution is -2.46. The van der Waals surface area contributed by atoms with Gasteiger partial charge in [-0.05, 0) is 49.4 Å². The van der Waals surface area contributed by atoms with Gasteiger partial charge in [-0.3, -0.25) is 0 Å². The fourth-order valence-electron chi connectivity index (χ4n) is 2.13. The van der Waals surface area contributed by atoms with Crippen LogP contribution in [-0.4, -0.2) is 23.4 Å². The molecule has 1 fully saturated rings. The van der Waals surface area contributed by atoms with Crippen LogP contribution in [0.4, 0.5) is 0 Å². The zero-order chi connectivity index (χ0) is 12.3. The van der Waals surface area contributed by atoms with Gasteiger partial charge < -0.3 is 15.5 Å². The maximum absolute atomic E-state index is 9.71. The highest BCUT2D eigenvalue weighted by Crippen LogP contribution is 2.31. The van der Waals surface area contributed by atoms with Crippen molar-refractivity contribution in [1.82, 2.24) is 5.32 Å². The Morgan fingerprint density at radius 2 is 1.94 bits per heavy atom. The van der Waals surface area contributed by atoms with Crippen LogP contribution in [0.2, 0.25) is 0 Å². The minimum absolute atomic E-state index is 0.0843. The Bertz CT molecular complexity index is 353. The molecule has 1 saturated carbocycles. The van der Waals surface area contributed by atoms with E-state index in [4.69, 9.17) is 0 Å². The summed E-state index contributed by atoms with van der Waals surface area (Å²) in [7, 11) is 0. The third kappa shape index (κ3) is 2.79. The summed E-state index contributed by atoms with van der Waals surface area (Å²) in [5.41, 5.74) is 0.678. The third-order valence-corrected chi connectivity index (χ3v) is 3.72. The molecule has 1 aromatic carbocycles. The Balaban J connectivity index is 2.15. The highest BCUT2D eigenvalue weighted by molar-refractivity contribution is 5.31. The van der Waals surface area contributed by atoms with E-state index in [1.54, 1.807) is 12.1 Å². The summed E-state index contributed by atoms with van der Waals surface area (Å²) in [6, 6.07) is 7.12. The Labute approximate surface area is 102 Å². The van der Waals surface area contributed by atoms with Crippen molar-refractivity contribution in [3.8, 4) is 5.75 Å². The van der Waals surface area contributed by atoms with Crippen molar-refractivity contribution < 1.29 is 10.2 Å². The van der Waals surface area contributed by atoms with E-state index < -0.39 is 0 Å². The molecule has 1 aromatic rings. The molecule has 0 saturated heterocycles. The molecule has 1 aliphatic rings. The molecule has 0 bridgehead atoms. The van der Waals surface area contributed by atoms with E-state index in [-0.39, 0.29) is 17.9 Å². The summed E-state index contributed by atoms with van der Waals surface area (Å²) >= 11 is 0. The van der Waals surface area contributed by atoms with E-state index in [1.165, 1.54) is 12.8 Å². The van der Waals surface area contributed by atoms with Crippen LogP contribution in [0.3, 0.4) is 0 Å². The standard InChI is InChI=1S/C14H21NO2/c1-2-14(10-16,15-9-11-3-4-11)12-5-7-13(17)8-6-12/h5-8,11,15-17H,2-4,9-10H2,1H3. The van der Waals surface area contributed by atoms with Gasteiger partial charge in [0.15, 0.2) is 0 Å². The lowest BCUT2D eigenvalue weighted by molar-refractivity contribution is 0.154. The number of hydrogen-bond donors (Lipinski definition) is 3. The molecule has 17 heavy (non-hydrogen) atoms. The van der Waals surface area contributed by atoms with E-state index in [1.807, 2.05) is 12.1 Å². The Hall–Kier alpha value is -1.06. The molecule has 0 amide bonds. The van der Waals surface area contributed by atoms with E-state index in [0.717, 1.165) is 24.4 Å². The number of nitrogens with one attached hydrogen (secondary N) is 1. The quantitative estimate of drug-likeness (QED) is 0.707. The lowest BCUT2D eigenvalue weighted by Gasteiger charge is -2.33. The molecule has 1 atom stereocenters. The normalized spacial score (nSPS) is 18.9. The van der Waals surface area contributed by atoms with Gasteiger partial charge in [-0.2, -0.15) is 0 Å². The highest BCUT2D eigenvalue weighted by Gasteiger charge is 2.32. The van der Waals surface area contributed by atoms with Crippen LogP contribution in [0.1, 0.15) is 31.7 Å². The number of phenolic OH excluding ortho intramolecular Hbond substituents is 1. The molecule has 0 aliphatic heterocycles. The van der Waals surface area contributed by atoms with E-state index in [0.29, 0.717) is 0 Å². The molecule has 3 heteroatoms. The Morgan fingerprint density at radius 3 is 2.41 bits per heavy atom. The first kappa shape index (κ1) is 12.4. The highest BCUT2D eigenvalue weighted by atomic mass is 16.3. The fourth-order valence-corrected chi connectivity index (χ4v) is 2.13.